The van der Waals surface area contributed by atoms with Gasteiger partial charge in [0, 0.05) is 18.8 Å². The van der Waals surface area contributed by atoms with Gasteiger partial charge < -0.3 is 9.84 Å². The van der Waals surface area contributed by atoms with Gasteiger partial charge in [-0.2, -0.15) is 5.10 Å². The summed E-state index contributed by atoms with van der Waals surface area (Å²) in [5.74, 6) is 1.17. The Morgan fingerprint density at radius 2 is 2.33 bits per heavy atom. The molecule has 0 aliphatic carbocycles. The normalized spacial score (nSPS) is 10.3. The van der Waals surface area contributed by atoms with Gasteiger partial charge in [0.15, 0.2) is 11.5 Å². The Balaban J connectivity index is 2.23. The lowest BCUT2D eigenvalue weighted by molar-refractivity contribution is 0.276. The standard InChI is InChI=1S/C10H11N3O2/c1-13-6-9(4-12-13)15-10-5-11-3-2-8(10)7-14/h2-6,14H,7H2,1H3. The maximum Gasteiger partial charge on any atom is 0.165 e. The number of nitrogens with zero attached hydrogens (tertiary/aromatic N) is 3. The summed E-state index contributed by atoms with van der Waals surface area (Å²) in [4.78, 5) is 3.93. The zero-order valence-electron chi connectivity index (χ0n) is 8.29. The fraction of sp³-hybridized carbons (Fsp3) is 0.200. The minimum atomic E-state index is -0.0713. The molecule has 2 heterocycles. The third-order valence-electron chi connectivity index (χ3n) is 1.95. The molecular weight excluding hydrogens is 194 g/mol. The average Bonchev–Trinajstić information content (AvgIpc) is 2.65. The zero-order valence-corrected chi connectivity index (χ0v) is 8.29. The van der Waals surface area contributed by atoms with Gasteiger partial charge in [-0.15, -0.1) is 0 Å². The van der Waals surface area contributed by atoms with Gasteiger partial charge in [0.05, 0.1) is 25.2 Å². The van der Waals surface area contributed by atoms with Crippen LogP contribution in [0.5, 0.6) is 11.5 Å². The van der Waals surface area contributed by atoms with Gasteiger partial charge >= 0.3 is 0 Å². The van der Waals surface area contributed by atoms with Crippen LogP contribution in [0.25, 0.3) is 0 Å². The second kappa shape index (κ2) is 4.10. The largest absolute Gasteiger partial charge is 0.452 e. The molecule has 2 aromatic rings. The lowest BCUT2D eigenvalue weighted by Gasteiger charge is -2.05. The second-order valence-corrected chi connectivity index (χ2v) is 3.09. The maximum atomic E-state index is 9.07. The van der Waals surface area contributed by atoms with Gasteiger partial charge in [0.25, 0.3) is 0 Å². The third kappa shape index (κ3) is 2.13. The lowest BCUT2D eigenvalue weighted by atomic mass is 10.2. The van der Waals surface area contributed by atoms with Crippen molar-refractivity contribution in [2.24, 2.45) is 7.05 Å². The molecular formula is C10H11N3O2. The number of aliphatic hydroxyl groups is 1. The van der Waals surface area contributed by atoms with Crippen LogP contribution in [0.2, 0.25) is 0 Å². The second-order valence-electron chi connectivity index (χ2n) is 3.09. The van der Waals surface area contributed by atoms with Gasteiger partial charge in [-0.25, -0.2) is 0 Å². The van der Waals surface area contributed by atoms with Crippen LogP contribution in [0.4, 0.5) is 0 Å². The van der Waals surface area contributed by atoms with Gasteiger partial charge in [0.1, 0.15) is 0 Å². The van der Waals surface area contributed by atoms with Gasteiger partial charge in [-0.1, -0.05) is 0 Å². The molecule has 0 radical (unpaired) electrons. The summed E-state index contributed by atoms with van der Waals surface area (Å²) in [6.07, 6.45) is 6.53. The molecule has 0 atom stereocenters. The van der Waals surface area contributed by atoms with E-state index in [1.165, 1.54) is 0 Å². The lowest BCUT2D eigenvalue weighted by Crippen LogP contribution is -1.91. The number of hydrogen-bond donors (Lipinski definition) is 1. The van der Waals surface area contributed by atoms with Crippen molar-refractivity contribution in [2.45, 2.75) is 6.61 Å². The summed E-state index contributed by atoms with van der Waals surface area (Å²) in [5, 5.41) is 13.1. The van der Waals surface area contributed by atoms with Crippen molar-refractivity contribution in [3.8, 4) is 11.5 Å². The number of pyridine rings is 1. The Hall–Kier alpha value is -1.88. The number of rotatable bonds is 3. The van der Waals surface area contributed by atoms with E-state index in [0.717, 1.165) is 0 Å². The van der Waals surface area contributed by atoms with Gasteiger partial charge in [-0.3, -0.25) is 9.67 Å². The molecule has 15 heavy (non-hydrogen) atoms. The Labute approximate surface area is 87.0 Å². The van der Waals surface area contributed by atoms with Crippen molar-refractivity contribution in [1.82, 2.24) is 14.8 Å². The molecule has 2 aromatic heterocycles. The van der Waals surface area contributed by atoms with Gasteiger partial charge in [0.2, 0.25) is 0 Å². The van der Waals surface area contributed by atoms with E-state index in [4.69, 9.17) is 9.84 Å². The quantitative estimate of drug-likeness (QED) is 0.815. The maximum absolute atomic E-state index is 9.07. The van der Waals surface area contributed by atoms with E-state index in [1.54, 1.807) is 35.5 Å². The van der Waals surface area contributed by atoms with E-state index in [2.05, 4.69) is 10.1 Å². The van der Waals surface area contributed by atoms with Crippen LogP contribution in [0.1, 0.15) is 5.56 Å². The van der Waals surface area contributed by atoms with Crippen molar-refractivity contribution in [1.29, 1.82) is 0 Å². The molecule has 78 valence electrons. The van der Waals surface area contributed by atoms with E-state index in [9.17, 15) is 0 Å². The fourth-order valence-electron chi connectivity index (χ4n) is 1.21. The van der Waals surface area contributed by atoms with E-state index >= 15 is 0 Å². The molecule has 0 spiro atoms. The predicted octanol–water partition coefficient (Wildman–Crippen LogP) is 1.10. The summed E-state index contributed by atoms with van der Waals surface area (Å²) in [7, 11) is 1.81. The molecule has 0 unspecified atom stereocenters. The van der Waals surface area contributed by atoms with Crippen molar-refractivity contribution < 1.29 is 9.84 Å². The first-order chi connectivity index (χ1) is 7.29. The highest BCUT2D eigenvalue weighted by Gasteiger charge is 2.04. The first kappa shape index (κ1) is 9.67. The summed E-state index contributed by atoms with van der Waals surface area (Å²) >= 11 is 0. The summed E-state index contributed by atoms with van der Waals surface area (Å²) in [5.41, 5.74) is 0.703. The molecule has 0 saturated heterocycles. The van der Waals surface area contributed by atoms with E-state index in [1.807, 2.05) is 7.05 Å². The Bertz CT molecular complexity index is 453. The highest BCUT2D eigenvalue weighted by Crippen LogP contribution is 2.23. The predicted molar refractivity (Wildman–Crippen MR) is 53.4 cm³/mol. The SMILES string of the molecule is Cn1cc(Oc2cnccc2CO)cn1. The molecule has 0 amide bonds. The van der Waals surface area contributed by atoms with E-state index in [-0.39, 0.29) is 6.61 Å². The highest BCUT2D eigenvalue weighted by molar-refractivity contribution is 5.33. The number of aliphatic hydroxyl groups excluding tert-OH is 1. The van der Waals surface area contributed by atoms with Crippen molar-refractivity contribution in [2.75, 3.05) is 0 Å². The van der Waals surface area contributed by atoms with Crippen molar-refractivity contribution >= 4 is 0 Å². The number of ether oxygens (including phenoxy) is 1. The average molecular weight is 205 g/mol. The minimum absolute atomic E-state index is 0.0713. The summed E-state index contributed by atoms with van der Waals surface area (Å²) in [6, 6.07) is 1.71. The third-order valence-corrected chi connectivity index (χ3v) is 1.95. The number of aryl methyl sites for hydroxylation is 1. The monoisotopic (exact) mass is 205 g/mol. The molecule has 0 fully saturated rings. The van der Waals surface area contributed by atoms with Crippen LogP contribution in [0.15, 0.2) is 30.9 Å². The van der Waals surface area contributed by atoms with E-state index < -0.39 is 0 Å². The topological polar surface area (TPSA) is 60.2 Å². The molecule has 0 bridgehead atoms. The first-order valence-corrected chi connectivity index (χ1v) is 4.50. The zero-order chi connectivity index (χ0) is 10.7. The van der Waals surface area contributed by atoms with Crippen molar-refractivity contribution in [3.05, 3.63) is 36.4 Å². The van der Waals surface area contributed by atoms with Crippen LogP contribution >= 0.6 is 0 Å². The fourth-order valence-corrected chi connectivity index (χ4v) is 1.21. The molecule has 5 heteroatoms. The van der Waals surface area contributed by atoms with Crippen LogP contribution in [0.3, 0.4) is 0 Å². The number of hydrogen-bond acceptors (Lipinski definition) is 4. The molecule has 0 aliphatic heterocycles. The smallest absolute Gasteiger partial charge is 0.165 e. The van der Waals surface area contributed by atoms with Crippen LogP contribution in [0, 0.1) is 0 Å². The van der Waals surface area contributed by atoms with Crippen LogP contribution in [-0.4, -0.2) is 19.9 Å². The van der Waals surface area contributed by atoms with Crippen LogP contribution < -0.4 is 4.74 Å². The van der Waals surface area contributed by atoms with Crippen molar-refractivity contribution in [3.63, 3.8) is 0 Å². The van der Waals surface area contributed by atoms with E-state index in [0.29, 0.717) is 17.1 Å². The molecule has 5 nitrogen and oxygen atoms in total. The minimum Gasteiger partial charge on any atom is -0.452 e. The Kier molecular flexibility index (Phi) is 2.64. The molecule has 0 aliphatic rings. The Morgan fingerprint density at radius 1 is 1.47 bits per heavy atom. The molecule has 0 aromatic carbocycles. The van der Waals surface area contributed by atoms with Gasteiger partial charge in [-0.05, 0) is 6.07 Å². The molecule has 2 rings (SSSR count). The summed E-state index contributed by atoms with van der Waals surface area (Å²) in [6.45, 7) is -0.0713. The Morgan fingerprint density at radius 3 is 3.00 bits per heavy atom. The van der Waals surface area contributed by atoms with Crippen LogP contribution in [-0.2, 0) is 13.7 Å². The number of aromatic nitrogens is 3. The molecule has 0 saturated carbocycles. The first-order valence-electron chi connectivity index (χ1n) is 4.50. The highest BCUT2D eigenvalue weighted by atomic mass is 16.5. The summed E-state index contributed by atoms with van der Waals surface area (Å²) < 4.78 is 7.16. The molecule has 1 N–H and O–H groups in total.